The van der Waals surface area contributed by atoms with E-state index in [-0.39, 0.29) is 17.9 Å². The van der Waals surface area contributed by atoms with Crippen molar-refractivity contribution in [3.05, 3.63) is 65.5 Å². The molecule has 2 aromatic rings. The highest BCUT2D eigenvalue weighted by Crippen LogP contribution is 2.41. The summed E-state index contributed by atoms with van der Waals surface area (Å²) >= 11 is 0. The van der Waals surface area contributed by atoms with E-state index in [1.807, 2.05) is 0 Å². The average molecular weight is 434 g/mol. The number of nitrogens with one attached hydrogen (secondary N) is 1. The SMILES string of the molecule is O=C(Nc1cc(C(F)(F)F)ccc1F)[C@@H]1C[C@H]2CCCC[C@H]2N1C(=O)c1ccccc1. The standard InChI is InChI=1S/C23H22F4N2O2/c24-17-11-10-16(23(25,26)27)13-18(17)28-21(30)20-12-15-8-4-5-9-19(15)29(20)22(31)14-6-2-1-3-7-14/h1-3,6-7,10-11,13,15,19-20H,4-5,8-9,12H2,(H,28,30)/t15-,19-,20+/m1/s1. The Hall–Kier alpha value is -2.90. The van der Waals surface area contributed by atoms with Crippen LogP contribution < -0.4 is 5.32 Å². The molecular weight excluding hydrogens is 412 g/mol. The molecule has 0 radical (unpaired) electrons. The summed E-state index contributed by atoms with van der Waals surface area (Å²) in [4.78, 5) is 27.9. The number of hydrogen-bond acceptors (Lipinski definition) is 2. The summed E-state index contributed by atoms with van der Waals surface area (Å²) in [7, 11) is 0. The molecule has 8 heteroatoms. The molecule has 1 saturated heterocycles. The number of carbonyl (C=O) groups excluding carboxylic acids is 2. The van der Waals surface area contributed by atoms with E-state index in [0.717, 1.165) is 25.7 Å². The molecule has 0 spiro atoms. The molecule has 2 aliphatic rings. The summed E-state index contributed by atoms with van der Waals surface area (Å²) in [6.45, 7) is 0. The number of fused-ring (bicyclic) bond motifs is 1. The Morgan fingerprint density at radius 3 is 2.42 bits per heavy atom. The minimum Gasteiger partial charge on any atom is -0.323 e. The van der Waals surface area contributed by atoms with Gasteiger partial charge in [-0.1, -0.05) is 31.0 Å². The van der Waals surface area contributed by atoms with E-state index in [0.29, 0.717) is 30.2 Å². The first-order valence-electron chi connectivity index (χ1n) is 10.3. The van der Waals surface area contributed by atoms with E-state index in [4.69, 9.17) is 0 Å². The van der Waals surface area contributed by atoms with Crippen LogP contribution in [0.1, 0.15) is 48.0 Å². The smallest absolute Gasteiger partial charge is 0.323 e. The van der Waals surface area contributed by atoms with Crippen LogP contribution in [0, 0.1) is 11.7 Å². The highest BCUT2D eigenvalue weighted by atomic mass is 19.4. The molecule has 2 amide bonds. The van der Waals surface area contributed by atoms with Crippen molar-refractivity contribution >= 4 is 17.5 Å². The van der Waals surface area contributed by atoms with Crippen molar-refractivity contribution in [1.29, 1.82) is 0 Å². The Bertz CT molecular complexity index is 977. The van der Waals surface area contributed by atoms with Gasteiger partial charge in [-0.25, -0.2) is 4.39 Å². The third-order valence-corrected chi connectivity index (χ3v) is 6.20. The fourth-order valence-electron chi connectivity index (χ4n) is 4.73. The van der Waals surface area contributed by atoms with Crippen molar-refractivity contribution in [1.82, 2.24) is 4.90 Å². The summed E-state index contributed by atoms with van der Waals surface area (Å²) in [6.07, 6.45) is -0.655. The van der Waals surface area contributed by atoms with Gasteiger partial charge in [-0.05, 0) is 55.5 Å². The zero-order chi connectivity index (χ0) is 22.2. The number of nitrogens with zero attached hydrogens (tertiary/aromatic N) is 1. The van der Waals surface area contributed by atoms with Crippen LogP contribution in [0.2, 0.25) is 0 Å². The Morgan fingerprint density at radius 1 is 1.00 bits per heavy atom. The van der Waals surface area contributed by atoms with Crippen LogP contribution in [0.4, 0.5) is 23.2 Å². The summed E-state index contributed by atoms with van der Waals surface area (Å²) in [6, 6.07) is 9.49. The molecule has 0 bridgehead atoms. The van der Waals surface area contributed by atoms with Crippen LogP contribution >= 0.6 is 0 Å². The molecule has 4 rings (SSSR count). The first kappa shape index (κ1) is 21.3. The number of amides is 2. The van der Waals surface area contributed by atoms with E-state index in [1.165, 1.54) is 0 Å². The molecule has 2 fully saturated rings. The van der Waals surface area contributed by atoms with E-state index in [1.54, 1.807) is 35.2 Å². The Kier molecular flexibility index (Phi) is 5.73. The number of anilines is 1. The maximum absolute atomic E-state index is 14.2. The molecule has 1 saturated carbocycles. The second kappa shape index (κ2) is 8.32. The van der Waals surface area contributed by atoms with E-state index in [9.17, 15) is 27.2 Å². The largest absolute Gasteiger partial charge is 0.416 e. The molecule has 2 aromatic carbocycles. The number of rotatable bonds is 3. The average Bonchev–Trinajstić information content (AvgIpc) is 3.14. The van der Waals surface area contributed by atoms with Gasteiger partial charge in [-0.15, -0.1) is 0 Å². The number of likely N-dealkylation sites (tertiary alicyclic amines) is 1. The molecule has 4 nitrogen and oxygen atoms in total. The summed E-state index contributed by atoms with van der Waals surface area (Å²) in [5, 5.41) is 2.30. The highest BCUT2D eigenvalue weighted by molar-refractivity contribution is 6.02. The van der Waals surface area contributed by atoms with Gasteiger partial charge in [-0.3, -0.25) is 9.59 Å². The highest BCUT2D eigenvalue weighted by Gasteiger charge is 2.47. The van der Waals surface area contributed by atoms with Gasteiger partial charge in [0.1, 0.15) is 11.9 Å². The molecule has 1 N–H and O–H groups in total. The molecule has 164 valence electrons. The van der Waals surface area contributed by atoms with Crippen LogP contribution in [0.3, 0.4) is 0 Å². The first-order chi connectivity index (χ1) is 14.8. The van der Waals surface area contributed by atoms with Gasteiger partial charge < -0.3 is 10.2 Å². The van der Waals surface area contributed by atoms with Gasteiger partial charge in [-0.2, -0.15) is 13.2 Å². The molecule has 0 aromatic heterocycles. The lowest BCUT2D eigenvalue weighted by atomic mass is 9.84. The second-order valence-electron chi connectivity index (χ2n) is 8.12. The zero-order valence-corrected chi connectivity index (χ0v) is 16.7. The molecule has 1 aliphatic heterocycles. The monoisotopic (exact) mass is 434 g/mol. The lowest BCUT2D eigenvalue weighted by Gasteiger charge is -2.33. The van der Waals surface area contributed by atoms with E-state index >= 15 is 0 Å². The minimum absolute atomic E-state index is 0.108. The fourth-order valence-corrected chi connectivity index (χ4v) is 4.73. The normalized spacial score (nSPS) is 23.4. The van der Waals surface area contributed by atoms with Gasteiger partial charge >= 0.3 is 6.18 Å². The molecule has 3 atom stereocenters. The summed E-state index contributed by atoms with van der Waals surface area (Å²) in [5.74, 6) is -1.78. The van der Waals surface area contributed by atoms with Crippen molar-refractivity contribution in [3.63, 3.8) is 0 Å². The summed E-state index contributed by atoms with van der Waals surface area (Å²) in [5.41, 5.74) is -1.15. The lowest BCUT2D eigenvalue weighted by molar-refractivity contribution is -0.137. The van der Waals surface area contributed by atoms with Gasteiger partial charge in [0.25, 0.3) is 5.91 Å². The van der Waals surface area contributed by atoms with E-state index < -0.39 is 35.2 Å². The molecule has 31 heavy (non-hydrogen) atoms. The minimum atomic E-state index is -4.66. The van der Waals surface area contributed by atoms with Gasteiger partial charge in [0, 0.05) is 11.6 Å². The van der Waals surface area contributed by atoms with Crippen LogP contribution in [0.15, 0.2) is 48.5 Å². The number of carbonyl (C=O) groups is 2. The third kappa shape index (κ3) is 4.29. The van der Waals surface area contributed by atoms with Gasteiger partial charge in [0.05, 0.1) is 11.3 Å². The van der Waals surface area contributed by atoms with Crippen molar-refractivity contribution in [2.24, 2.45) is 5.92 Å². The van der Waals surface area contributed by atoms with E-state index in [2.05, 4.69) is 5.32 Å². The number of alkyl halides is 3. The Labute approximate surface area is 177 Å². The maximum atomic E-state index is 14.2. The van der Waals surface area contributed by atoms with Crippen LogP contribution in [0.5, 0.6) is 0 Å². The molecule has 0 unspecified atom stereocenters. The van der Waals surface area contributed by atoms with Crippen molar-refractivity contribution in [3.8, 4) is 0 Å². The molecule has 1 heterocycles. The molecule has 1 aliphatic carbocycles. The van der Waals surface area contributed by atoms with Crippen molar-refractivity contribution in [2.45, 2.75) is 50.4 Å². The van der Waals surface area contributed by atoms with Crippen LogP contribution in [0.25, 0.3) is 0 Å². The molecular formula is C23H22F4N2O2. The van der Waals surface area contributed by atoms with Crippen LogP contribution in [-0.2, 0) is 11.0 Å². The van der Waals surface area contributed by atoms with Gasteiger partial charge in [0.15, 0.2) is 0 Å². The first-order valence-corrected chi connectivity index (χ1v) is 10.3. The fraction of sp³-hybridized carbons (Fsp3) is 0.391. The van der Waals surface area contributed by atoms with Gasteiger partial charge in [0.2, 0.25) is 5.91 Å². The number of hydrogen-bond donors (Lipinski definition) is 1. The predicted octanol–water partition coefficient (Wildman–Crippen LogP) is 5.26. The van der Waals surface area contributed by atoms with Crippen molar-refractivity contribution < 1.29 is 27.2 Å². The Balaban J connectivity index is 1.62. The quantitative estimate of drug-likeness (QED) is 0.671. The topological polar surface area (TPSA) is 49.4 Å². The third-order valence-electron chi connectivity index (χ3n) is 6.20. The number of halogens is 4. The Morgan fingerprint density at radius 2 is 1.71 bits per heavy atom. The zero-order valence-electron chi connectivity index (χ0n) is 16.7. The number of benzene rings is 2. The lowest BCUT2D eigenvalue weighted by Crippen LogP contribution is -2.47. The maximum Gasteiger partial charge on any atom is 0.416 e. The second-order valence-corrected chi connectivity index (χ2v) is 8.12. The predicted molar refractivity (Wildman–Crippen MR) is 107 cm³/mol. The van der Waals surface area contributed by atoms with Crippen LogP contribution in [-0.4, -0.2) is 28.8 Å². The van der Waals surface area contributed by atoms with Crippen molar-refractivity contribution in [2.75, 3.05) is 5.32 Å². The summed E-state index contributed by atoms with van der Waals surface area (Å²) < 4.78 is 53.2.